The van der Waals surface area contributed by atoms with Crippen LogP contribution in [0.1, 0.15) is 46.0 Å². The highest BCUT2D eigenvalue weighted by Gasteiger charge is 2.45. The maximum absolute atomic E-state index is 12.9. The van der Waals surface area contributed by atoms with Gasteiger partial charge in [-0.3, -0.25) is 0 Å². The summed E-state index contributed by atoms with van der Waals surface area (Å²) in [6.07, 6.45) is -0.589. The van der Waals surface area contributed by atoms with Crippen LogP contribution in [-0.4, -0.2) is 43.3 Å². The molecule has 2 atom stereocenters. The van der Waals surface area contributed by atoms with Crippen LogP contribution in [0.2, 0.25) is 0 Å². The molecule has 2 unspecified atom stereocenters. The van der Waals surface area contributed by atoms with E-state index in [-0.39, 0.29) is 12.5 Å². The quantitative estimate of drug-likeness (QED) is 0.750. The molecule has 5 heteroatoms. The van der Waals surface area contributed by atoms with Crippen LogP contribution in [-0.2, 0) is 0 Å². The summed E-state index contributed by atoms with van der Waals surface area (Å²) in [4.78, 5) is 2.21. The monoisotopic (exact) mass is 280 g/mol. The fourth-order valence-electron chi connectivity index (χ4n) is 2.64. The summed E-state index contributed by atoms with van der Waals surface area (Å²) in [6.45, 7) is 5.84. The Bertz CT molecular complexity index is 254. The van der Waals surface area contributed by atoms with E-state index in [0.29, 0.717) is 25.4 Å². The van der Waals surface area contributed by atoms with Crippen molar-refractivity contribution >= 4 is 0 Å². The molecule has 114 valence electrons. The molecule has 0 aromatic carbocycles. The molecule has 1 N–H and O–H groups in total. The first kappa shape index (κ1) is 16.8. The molecule has 0 bridgehead atoms. The van der Waals surface area contributed by atoms with Crippen molar-refractivity contribution < 1.29 is 13.2 Å². The first-order valence-corrected chi connectivity index (χ1v) is 7.32. The van der Waals surface area contributed by atoms with E-state index >= 15 is 0 Å². The van der Waals surface area contributed by atoms with Crippen LogP contribution >= 0.6 is 0 Å². The molecule has 0 heterocycles. The van der Waals surface area contributed by atoms with Crippen molar-refractivity contribution in [1.29, 1.82) is 0 Å². The van der Waals surface area contributed by atoms with E-state index in [4.69, 9.17) is 0 Å². The van der Waals surface area contributed by atoms with Crippen molar-refractivity contribution in [3.8, 4) is 0 Å². The van der Waals surface area contributed by atoms with Gasteiger partial charge in [-0.15, -0.1) is 0 Å². The predicted molar refractivity (Wildman–Crippen MR) is 72.2 cm³/mol. The van der Waals surface area contributed by atoms with Crippen molar-refractivity contribution in [3.05, 3.63) is 0 Å². The fourth-order valence-corrected chi connectivity index (χ4v) is 2.64. The molecule has 19 heavy (non-hydrogen) atoms. The SMILES string of the molecule is CC(C)N(C)CCCNC1CCCCC1C(F)(F)F. The Hall–Kier alpha value is -0.290. The van der Waals surface area contributed by atoms with Gasteiger partial charge in [0.05, 0.1) is 5.92 Å². The van der Waals surface area contributed by atoms with Gasteiger partial charge in [-0.05, 0) is 53.2 Å². The van der Waals surface area contributed by atoms with Crippen LogP contribution < -0.4 is 5.32 Å². The van der Waals surface area contributed by atoms with Gasteiger partial charge in [0, 0.05) is 12.1 Å². The molecule has 0 aromatic rings. The topological polar surface area (TPSA) is 15.3 Å². The maximum atomic E-state index is 12.9. The zero-order valence-corrected chi connectivity index (χ0v) is 12.3. The highest BCUT2D eigenvalue weighted by molar-refractivity contribution is 4.85. The second-order valence-corrected chi connectivity index (χ2v) is 5.92. The summed E-state index contributed by atoms with van der Waals surface area (Å²) in [7, 11) is 2.05. The lowest BCUT2D eigenvalue weighted by Gasteiger charge is -2.34. The lowest BCUT2D eigenvalue weighted by Crippen LogP contribution is -2.46. The van der Waals surface area contributed by atoms with Gasteiger partial charge in [-0.1, -0.05) is 12.8 Å². The Morgan fingerprint density at radius 1 is 1.21 bits per heavy atom. The van der Waals surface area contributed by atoms with Gasteiger partial charge < -0.3 is 10.2 Å². The Balaban J connectivity index is 2.30. The molecule has 1 saturated carbocycles. The van der Waals surface area contributed by atoms with Gasteiger partial charge in [0.15, 0.2) is 0 Å². The number of nitrogens with zero attached hydrogens (tertiary/aromatic N) is 1. The summed E-state index contributed by atoms with van der Waals surface area (Å²) >= 11 is 0. The van der Waals surface area contributed by atoms with Crippen molar-refractivity contribution in [2.24, 2.45) is 5.92 Å². The average Bonchev–Trinajstić information content (AvgIpc) is 2.33. The van der Waals surface area contributed by atoms with E-state index in [2.05, 4.69) is 24.1 Å². The lowest BCUT2D eigenvalue weighted by molar-refractivity contribution is -0.188. The lowest BCUT2D eigenvalue weighted by atomic mass is 9.84. The van der Waals surface area contributed by atoms with Crippen LogP contribution in [0.5, 0.6) is 0 Å². The van der Waals surface area contributed by atoms with E-state index in [1.54, 1.807) is 0 Å². The smallest absolute Gasteiger partial charge is 0.313 e. The van der Waals surface area contributed by atoms with Gasteiger partial charge in [-0.2, -0.15) is 13.2 Å². The largest absolute Gasteiger partial charge is 0.393 e. The summed E-state index contributed by atoms with van der Waals surface area (Å²) in [5, 5.41) is 3.13. The third-order valence-corrected chi connectivity index (χ3v) is 4.16. The second kappa shape index (κ2) is 7.48. The molecular weight excluding hydrogens is 253 g/mol. The fraction of sp³-hybridized carbons (Fsp3) is 1.00. The third kappa shape index (κ3) is 5.69. The maximum Gasteiger partial charge on any atom is 0.393 e. The van der Waals surface area contributed by atoms with Crippen LogP contribution in [0.15, 0.2) is 0 Å². The Morgan fingerprint density at radius 3 is 2.42 bits per heavy atom. The molecule has 0 aliphatic heterocycles. The minimum Gasteiger partial charge on any atom is -0.313 e. The van der Waals surface area contributed by atoms with Crippen LogP contribution in [0.4, 0.5) is 13.2 Å². The predicted octanol–water partition coefficient (Wildman–Crippen LogP) is 3.43. The van der Waals surface area contributed by atoms with Gasteiger partial charge in [0.2, 0.25) is 0 Å². The molecule has 0 radical (unpaired) electrons. The van der Waals surface area contributed by atoms with Gasteiger partial charge in [0.25, 0.3) is 0 Å². The Morgan fingerprint density at radius 2 is 1.84 bits per heavy atom. The van der Waals surface area contributed by atoms with Crippen molar-refractivity contribution in [1.82, 2.24) is 10.2 Å². The molecule has 0 aromatic heterocycles. The number of nitrogens with one attached hydrogen (secondary N) is 1. The molecule has 0 saturated heterocycles. The minimum absolute atomic E-state index is 0.285. The molecule has 2 nitrogen and oxygen atoms in total. The van der Waals surface area contributed by atoms with Crippen molar-refractivity contribution in [2.75, 3.05) is 20.1 Å². The molecule has 0 spiro atoms. The van der Waals surface area contributed by atoms with Gasteiger partial charge in [0.1, 0.15) is 0 Å². The van der Waals surface area contributed by atoms with Crippen molar-refractivity contribution in [3.63, 3.8) is 0 Å². The third-order valence-electron chi connectivity index (χ3n) is 4.16. The molecule has 0 amide bonds. The van der Waals surface area contributed by atoms with Crippen molar-refractivity contribution in [2.45, 2.75) is 64.2 Å². The highest BCUT2D eigenvalue weighted by Crippen LogP contribution is 2.37. The number of halogens is 3. The molecule has 1 aliphatic carbocycles. The average molecular weight is 280 g/mol. The second-order valence-electron chi connectivity index (χ2n) is 5.92. The highest BCUT2D eigenvalue weighted by atomic mass is 19.4. The zero-order valence-electron chi connectivity index (χ0n) is 12.3. The van der Waals surface area contributed by atoms with Gasteiger partial charge >= 0.3 is 6.18 Å². The van der Waals surface area contributed by atoms with E-state index < -0.39 is 12.1 Å². The zero-order chi connectivity index (χ0) is 14.5. The summed E-state index contributed by atoms with van der Waals surface area (Å²) in [5.74, 6) is -1.15. The summed E-state index contributed by atoms with van der Waals surface area (Å²) in [5.41, 5.74) is 0. The van der Waals surface area contributed by atoms with Gasteiger partial charge in [-0.25, -0.2) is 0 Å². The first-order valence-electron chi connectivity index (χ1n) is 7.32. The summed E-state index contributed by atoms with van der Waals surface area (Å²) in [6, 6.07) is 0.107. The van der Waals surface area contributed by atoms with E-state index in [9.17, 15) is 13.2 Å². The Kier molecular flexibility index (Phi) is 6.60. The molecular formula is C14H27F3N2. The first-order chi connectivity index (χ1) is 8.82. The van der Waals surface area contributed by atoms with E-state index in [0.717, 1.165) is 19.4 Å². The van der Waals surface area contributed by atoms with Crippen LogP contribution in [0.3, 0.4) is 0 Å². The molecule has 1 aliphatic rings. The van der Waals surface area contributed by atoms with E-state index in [1.807, 2.05) is 7.05 Å². The standard InChI is InChI=1S/C14H27F3N2/c1-11(2)19(3)10-6-9-18-13-8-5-4-7-12(13)14(15,16)17/h11-13,18H,4-10H2,1-3H3. The number of alkyl halides is 3. The number of rotatable bonds is 6. The van der Waals surface area contributed by atoms with E-state index in [1.165, 1.54) is 0 Å². The Labute approximate surface area is 114 Å². The molecule has 1 rings (SSSR count). The molecule has 1 fully saturated rings. The minimum atomic E-state index is -4.05. The summed E-state index contributed by atoms with van der Waals surface area (Å²) < 4.78 is 38.7. The van der Waals surface area contributed by atoms with Crippen LogP contribution in [0, 0.1) is 5.92 Å². The normalized spacial score (nSPS) is 25.3. The van der Waals surface area contributed by atoms with Crippen LogP contribution in [0.25, 0.3) is 0 Å². The number of hydrogen-bond donors (Lipinski definition) is 1. The number of hydrogen-bond acceptors (Lipinski definition) is 2.